The Bertz CT molecular complexity index is 489. The number of esters is 1. The summed E-state index contributed by atoms with van der Waals surface area (Å²) in [6.45, 7) is 0.643. The van der Waals surface area contributed by atoms with Crippen LogP contribution < -0.4 is 5.32 Å². The molecule has 1 saturated carbocycles. The number of carbonyl (C=O) groups is 1. The van der Waals surface area contributed by atoms with Gasteiger partial charge < -0.3 is 10.1 Å². The summed E-state index contributed by atoms with van der Waals surface area (Å²) in [6, 6.07) is 4.88. The van der Waals surface area contributed by atoms with Crippen LogP contribution in [-0.2, 0) is 16.1 Å². The fraction of sp³-hybridized carbons (Fsp3) is 0.533. The van der Waals surface area contributed by atoms with Crippen molar-refractivity contribution in [2.45, 2.75) is 30.7 Å². The fourth-order valence-corrected chi connectivity index (χ4v) is 3.51. The lowest BCUT2D eigenvalue weighted by atomic mass is 10.1. The van der Waals surface area contributed by atoms with E-state index >= 15 is 0 Å². The van der Waals surface area contributed by atoms with Gasteiger partial charge in [0, 0.05) is 17.2 Å². The highest BCUT2D eigenvalue weighted by Crippen LogP contribution is 2.52. The first-order valence-corrected chi connectivity index (χ1v) is 7.70. The summed E-state index contributed by atoms with van der Waals surface area (Å²) in [6.07, 6.45) is 2.62. The van der Waals surface area contributed by atoms with Crippen LogP contribution >= 0.6 is 11.8 Å². The Balaban J connectivity index is 1.98. The molecule has 3 nitrogen and oxygen atoms in total. The number of methoxy groups -OCH3 is 1. The highest BCUT2D eigenvalue weighted by Gasteiger charge is 2.44. The van der Waals surface area contributed by atoms with Gasteiger partial charge in [-0.3, -0.25) is 4.79 Å². The molecular weight excluding hydrogens is 277 g/mol. The second kappa shape index (κ2) is 6.59. The molecule has 0 amide bonds. The van der Waals surface area contributed by atoms with Gasteiger partial charge >= 0.3 is 5.97 Å². The van der Waals surface area contributed by atoms with Crippen LogP contribution in [0, 0.1) is 11.2 Å². The van der Waals surface area contributed by atoms with E-state index in [0.717, 1.165) is 29.1 Å². The summed E-state index contributed by atoms with van der Waals surface area (Å²) in [7, 11) is 3.27. The average molecular weight is 297 g/mol. The van der Waals surface area contributed by atoms with Gasteiger partial charge in [0.15, 0.2) is 0 Å². The number of thioether (sulfide) groups is 1. The van der Waals surface area contributed by atoms with Crippen LogP contribution in [0.3, 0.4) is 0 Å². The van der Waals surface area contributed by atoms with E-state index in [1.54, 1.807) is 17.8 Å². The van der Waals surface area contributed by atoms with Crippen molar-refractivity contribution in [3.63, 3.8) is 0 Å². The highest BCUT2D eigenvalue weighted by atomic mass is 32.2. The van der Waals surface area contributed by atoms with Crippen LogP contribution in [0.2, 0.25) is 0 Å². The lowest BCUT2D eigenvalue weighted by molar-refractivity contribution is -0.141. The molecule has 0 heterocycles. The van der Waals surface area contributed by atoms with E-state index in [9.17, 15) is 9.18 Å². The first-order chi connectivity index (χ1) is 9.58. The maximum Gasteiger partial charge on any atom is 0.306 e. The number of hydrogen-bond donors (Lipinski definition) is 1. The Hall–Kier alpha value is -1.07. The molecule has 110 valence electrons. The number of halogens is 1. The number of hydrogen-bond acceptors (Lipinski definition) is 4. The lowest BCUT2D eigenvalue weighted by Gasteiger charge is -2.15. The molecule has 5 heteroatoms. The standard InChI is InChI=1S/C15H20FNO2S/c1-17-9-11-7-12(16)3-4-13(11)20-10-15(5-6-15)8-14(18)19-2/h3-4,7,17H,5-6,8-10H2,1-2H3. The van der Waals surface area contributed by atoms with Crippen LogP contribution in [0.5, 0.6) is 0 Å². The summed E-state index contributed by atoms with van der Waals surface area (Å²) in [4.78, 5) is 12.5. The number of benzene rings is 1. The monoisotopic (exact) mass is 297 g/mol. The largest absolute Gasteiger partial charge is 0.469 e. The molecule has 0 atom stereocenters. The second-order valence-electron chi connectivity index (χ2n) is 5.32. The molecule has 0 radical (unpaired) electrons. The number of ether oxygens (including phenoxy) is 1. The van der Waals surface area contributed by atoms with Gasteiger partial charge in [-0.1, -0.05) is 0 Å². The molecule has 2 rings (SSSR count). The second-order valence-corrected chi connectivity index (χ2v) is 6.34. The Morgan fingerprint density at radius 2 is 2.25 bits per heavy atom. The molecule has 1 aromatic carbocycles. The molecule has 1 aromatic rings. The summed E-state index contributed by atoms with van der Waals surface area (Å²) in [5.41, 5.74) is 1.05. The molecule has 0 aliphatic heterocycles. The summed E-state index contributed by atoms with van der Waals surface area (Å²) in [5.74, 6) is 0.526. The van der Waals surface area contributed by atoms with Crippen LogP contribution in [0.4, 0.5) is 4.39 Å². The van der Waals surface area contributed by atoms with Gasteiger partial charge in [-0.25, -0.2) is 4.39 Å². The molecule has 0 unspecified atom stereocenters. The van der Waals surface area contributed by atoms with Gasteiger partial charge in [0.25, 0.3) is 0 Å². The van der Waals surface area contributed by atoms with Crippen molar-refractivity contribution in [3.05, 3.63) is 29.6 Å². The maximum absolute atomic E-state index is 13.3. The Kier molecular flexibility index (Phi) is 5.05. The molecule has 1 fully saturated rings. The van der Waals surface area contributed by atoms with E-state index < -0.39 is 0 Å². The van der Waals surface area contributed by atoms with Crippen molar-refractivity contribution < 1.29 is 13.9 Å². The van der Waals surface area contributed by atoms with Gasteiger partial charge in [0.1, 0.15) is 5.82 Å². The maximum atomic E-state index is 13.3. The van der Waals surface area contributed by atoms with E-state index in [-0.39, 0.29) is 17.2 Å². The minimum atomic E-state index is -0.213. The minimum Gasteiger partial charge on any atom is -0.469 e. The SMILES string of the molecule is CNCc1cc(F)ccc1SCC1(CC(=O)OC)CC1. The Morgan fingerprint density at radius 3 is 2.85 bits per heavy atom. The zero-order chi connectivity index (χ0) is 14.6. The van der Waals surface area contributed by atoms with E-state index in [0.29, 0.717) is 13.0 Å². The van der Waals surface area contributed by atoms with Crippen molar-refractivity contribution in [3.8, 4) is 0 Å². The summed E-state index contributed by atoms with van der Waals surface area (Å²) in [5, 5.41) is 3.05. The molecule has 1 N–H and O–H groups in total. The third-order valence-electron chi connectivity index (χ3n) is 3.63. The van der Waals surface area contributed by atoms with Gasteiger partial charge in [-0.15, -0.1) is 11.8 Å². The first-order valence-electron chi connectivity index (χ1n) is 6.71. The van der Waals surface area contributed by atoms with Crippen molar-refractivity contribution in [1.82, 2.24) is 5.32 Å². The van der Waals surface area contributed by atoms with Crippen molar-refractivity contribution in [2.75, 3.05) is 19.9 Å². The van der Waals surface area contributed by atoms with Gasteiger partial charge in [0.2, 0.25) is 0 Å². The van der Waals surface area contributed by atoms with Gasteiger partial charge in [0.05, 0.1) is 13.5 Å². The minimum absolute atomic E-state index is 0.0864. The van der Waals surface area contributed by atoms with Crippen LogP contribution in [0.25, 0.3) is 0 Å². The predicted molar refractivity (Wildman–Crippen MR) is 78.2 cm³/mol. The lowest BCUT2D eigenvalue weighted by Crippen LogP contribution is -2.13. The molecular formula is C15H20FNO2S. The van der Waals surface area contributed by atoms with Crippen molar-refractivity contribution in [1.29, 1.82) is 0 Å². The van der Waals surface area contributed by atoms with E-state index in [1.165, 1.54) is 13.2 Å². The molecule has 0 spiro atoms. The number of rotatable bonds is 7. The third kappa shape index (κ3) is 3.96. The Morgan fingerprint density at radius 1 is 1.50 bits per heavy atom. The highest BCUT2D eigenvalue weighted by molar-refractivity contribution is 7.99. The molecule has 1 aliphatic carbocycles. The molecule has 0 saturated heterocycles. The Labute approximate surface area is 123 Å². The molecule has 20 heavy (non-hydrogen) atoms. The summed E-state index contributed by atoms with van der Waals surface area (Å²) >= 11 is 1.70. The van der Waals surface area contributed by atoms with E-state index in [1.807, 2.05) is 13.1 Å². The van der Waals surface area contributed by atoms with Gasteiger partial charge in [-0.05, 0) is 49.1 Å². The van der Waals surface area contributed by atoms with E-state index in [2.05, 4.69) is 5.32 Å². The molecule has 0 bridgehead atoms. The zero-order valence-corrected chi connectivity index (χ0v) is 12.7. The third-order valence-corrected chi connectivity index (χ3v) is 5.09. The van der Waals surface area contributed by atoms with Crippen LogP contribution in [-0.4, -0.2) is 25.9 Å². The smallest absolute Gasteiger partial charge is 0.306 e. The fourth-order valence-electron chi connectivity index (χ4n) is 2.18. The average Bonchev–Trinajstić information content (AvgIpc) is 3.18. The predicted octanol–water partition coefficient (Wildman–Crippen LogP) is 2.98. The van der Waals surface area contributed by atoms with Crippen molar-refractivity contribution >= 4 is 17.7 Å². The van der Waals surface area contributed by atoms with E-state index in [4.69, 9.17) is 4.74 Å². The first kappa shape index (κ1) is 15.3. The van der Waals surface area contributed by atoms with Gasteiger partial charge in [-0.2, -0.15) is 0 Å². The van der Waals surface area contributed by atoms with Crippen LogP contribution in [0.15, 0.2) is 23.1 Å². The normalized spacial score (nSPS) is 15.9. The van der Waals surface area contributed by atoms with Crippen molar-refractivity contribution in [2.24, 2.45) is 5.41 Å². The number of nitrogens with one attached hydrogen (secondary N) is 1. The topological polar surface area (TPSA) is 38.3 Å². The molecule has 0 aromatic heterocycles. The summed E-state index contributed by atoms with van der Waals surface area (Å²) < 4.78 is 18.0. The zero-order valence-electron chi connectivity index (χ0n) is 11.9. The molecule has 1 aliphatic rings. The quantitative estimate of drug-likeness (QED) is 0.620. The number of carbonyl (C=O) groups excluding carboxylic acids is 1. The van der Waals surface area contributed by atoms with Crippen LogP contribution in [0.1, 0.15) is 24.8 Å².